The van der Waals surface area contributed by atoms with E-state index in [9.17, 15) is 13.2 Å². The van der Waals surface area contributed by atoms with Crippen molar-refractivity contribution >= 4 is 43.6 Å². The Kier molecular flexibility index (Phi) is 3.47. The van der Waals surface area contributed by atoms with E-state index in [1.54, 1.807) is 24.3 Å². The lowest BCUT2D eigenvalue weighted by molar-refractivity contribution is 0.598. The Morgan fingerprint density at radius 1 is 0.960 bits per heavy atom. The number of hydrogen-bond acceptors (Lipinski definition) is 3. The lowest BCUT2D eigenvalue weighted by Crippen LogP contribution is -2.12. The average Bonchev–Trinajstić information content (AvgIpc) is 2.91. The van der Waals surface area contributed by atoms with Gasteiger partial charge in [0.25, 0.3) is 0 Å². The molecule has 126 valence electrons. The molecule has 25 heavy (non-hydrogen) atoms. The fourth-order valence-corrected chi connectivity index (χ4v) is 3.66. The van der Waals surface area contributed by atoms with Gasteiger partial charge in [0, 0.05) is 27.6 Å². The molecule has 2 aromatic heterocycles. The number of nitrogens with two attached hydrogens (primary N) is 1. The zero-order valence-corrected chi connectivity index (χ0v) is 14.3. The number of halogens is 1. The fourth-order valence-electron chi connectivity index (χ4n) is 2.93. The summed E-state index contributed by atoms with van der Waals surface area (Å²) in [5.41, 5.74) is 2.95. The second-order valence-electron chi connectivity index (χ2n) is 5.69. The molecular weight excluding hydrogens is 362 g/mol. The first-order valence-corrected chi connectivity index (χ1v) is 9.23. The lowest BCUT2D eigenvalue weighted by atomic mass is 10.1. The molecule has 2 heterocycles. The maximum Gasteiger partial charge on any atom is 0.249 e. The maximum atomic E-state index is 12.1. The number of sulfonamides is 1. The molecule has 0 saturated carbocycles. The number of fused-ring (bicyclic) bond motifs is 3. The highest BCUT2D eigenvalue weighted by Crippen LogP contribution is 2.32. The van der Waals surface area contributed by atoms with E-state index in [0.717, 1.165) is 10.9 Å². The number of rotatable bonds is 2. The Bertz CT molecular complexity index is 1310. The summed E-state index contributed by atoms with van der Waals surface area (Å²) in [5.74, 6) is 0. The van der Waals surface area contributed by atoms with Gasteiger partial charge in [-0.05, 0) is 35.9 Å². The van der Waals surface area contributed by atoms with Crippen molar-refractivity contribution in [3.8, 4) is 11.1 Å². The Labute approximate surface area is 147 Å². The molecule has 4 N–H and O–H groups in total. The first-order chi connectivity index (χ1) is 11.8. The summed E-state index contributed by atoms with van der Waals surface area (Å²) in [5, 5.41) is 6.54. The van der Waals surface area contributed by atoms with Crippen LogP contribution >= 0.6 is 11.6 Å². The molecule has 0 radical (unpaired) electrons. The predicted octanol–water partition coefficient (Wildman–Crippen LogP) is 2.98. The molecule has 0 bridgehead atoms. The van der Waals surface area contributed by atoms with Crippen LogP contribution in [0, 0.1) is 0 Å². The second kappa shape index (κ2) is 5.45. The van der Waals surface area contributed by atoms with E-state index >= 15 is 0 Å². The Hall–Kier alpha value is -2.61. The van der Waals surface area contributed by atoms with E-state index < -0.39 is 10.0 Å². The normalized spacial score (nSPS) is 12.1. The van der Waals surface area contributed by atoms with Crippen molar-refractivity contribution < 1.29 is 8.42 Å². The Morgan fingerprint density at radius 2 is 1.76 bits per heavy atom. The molecule has 0 aliphatic heterocycles. The van der Waals surface area contributed by atoms with E-state index in [-0.39, 0.29) is 10.5 Å². The van der Waals surface area contributed by atoms with Crippen LogP contribution in [0.3, 0.4) is 0 Å². The first kappa shape index (κ1) is 15.9. The highest BCUT2D eigenvalue weighted by atomic mass is 35.5. The van der Waals surface area contributed by atoms with Gasteiger partial charge in [-0.1, -0.05) is 23.7 Å². The molecule has 0 saturated heterocycles. The van der Waals surface area contributed by atoms with Crippen LogP contribution in [-0.2, 0) is 10.0 Å². The minimum absolute atomic E-state index is 0.0161. The molecule has 0 fully saturated rings. The van der Waals surface area contributed by atoms with Crippen molar-refractivity contribution in [2.24, 2.45) is 5.14 Å². The Morgan fingerprint density at radius 3 is 2.52 bits per heavy atom. The minimum Gasteiger partial charge on any atom is -0.353 e. The van der Waals surface area contributed by atoms with Gasteiger partial charge in [0.1, 0.15) is 0 Å². The molecule has 8 heteroatoms. The molecule has 0 amide bonds. The quantitative estimate of drug-likeness (QED) is 0.502. The smallest absolute Gasteiger partial charge is 0.249 e. The molecule has 4 aromatic rings. The number of aromatic nitrogens is 2. The van der Waals surface area contributed by atoms with E-state index in [1.165, 1.54) is 18.2 Å². The van der Waals surface area contributed by atoms with Gasteiger partial charge in [0.2, 0.25) is 15.6 Å². The molecular formula is C17H12ClN3O3S. The number of hydrogen-bond donors (Lipinski definition) is 3. The van der Waals surface area contributed by atoms with Gasteiger partial charge >= 0.3 is 0 Å². The third-order valence-electron chi connectivity index (χ3n) is 4.03. The van der Waals surface area contributed by atoms with E-state index in [0.29, 0.717) is 27.2 Å². The van der Waals surface area contributed by atoms with Crippen LogP contribution in [-0.4, -0.2) is 18.4 Å². The number of primary sulfonamides is 1. The van der Waals surface area contributed by atoms with Crippen LogP contribution in [0.5, 0.6) is 0 Å². The van der Waals surface area contributed by atoms with Crippen LogP contribution < -0.4 is 10.7 Å². The molecule has 2 aromatic carbocycles. The molecule has 0 atom stereocenters. The molecule has 4 rings (SSSR count). The first-order valence-electron chi connectivity index (χ1n) is 7.30. The van der Waals surface area contributed by atoms with Gasteiger partial charge < -0.3 is 9.97 Å². The molecule has 6 nitrogen and oxygen atoms in total. The van der Waals surface area contributed by atoms with E-state index in [2.05, 4.69) is 9.97 Å². The number of H-pyrrole nitrogens is 2. The third kappa shape index (κ3) is 2.72. The van der Waals surface area contributed by atoms with E-state index in [1.807, 2.05) is 6.07 Å². The molecule has 0 aliphatic carbocycles. The summed E-state index contributed by atoms with van der Waals surface area (Å²) >= 11 is 6.06. The SMILES string of the molecule is NS(=O)(=O)c1cccc(-c2cc(=O)[nH]c3c2[nH]c2ccc(Cl)cc23)c1. The van der Waals surface area contributed by atoms with Crippen molar-refractivity contribution in [2.75, 3.05) is 0 Å². The van der Waals surface area contributed by atoms with E-state index in [4.69, 9.17) is 16.7 Å². The summed E-state index contributed by atoms with van der Waals surface area (Å²) in [6, 6.07) is 12.9. The summed E-state index contributed by atoms with van der Waals surface area (Å²) in [6.07, 6.45) is 0. The number of pyridine rings is 1. The van der Waals surface area contributed by atoms with Gasteiger partial charge in [-0.15, -0.1) is 0 Å². The highest BCUT2D eigenvalue weighted by Gasteiger charge is 2.14. The van der Waals surface area contributed by atoms with Gasteiger partial charge in [-0.3, -0.25) is 4.79 Å². The van der Waals surface area contributed by atoms with Crippen LogP contribution in [0.2, 0.25) is 5.02 Å². The van der Waals surface area contributed by atoms with Gasteiger partial charge in [0.15, 0.2) is 0 Å². The van der Waals surface area contributed by atoms with Crippen molar-refractivity contribution in [1.29, 1.82) is 0 Å². The summed E-state index contributed by atoms with van der Waals surface area (Å²) in [7, 11) is -3.84. The zero-order chi connectivity index (χ0) is 17.8. The topological polar surface area (TPSA) is 109 Å². The van der Waals surface area contributed by atoms with Crippen molar-refractivity contribution in [3.05, 3.63) is 63.9 Å². The van der Waals surface area contributed by atoms with Crippen molar-refractivity contribution in [1.82, 2.24) is 9.97 Å². The highest BCUT2D eigenvalue weighted by molar-refractivity contribution is 7.89. The largest absolute Gasteiger partial charge is 0.353 e. The second-order valence-corrected chi connectivity index (χ2v) is 7.68. The van der Waals surface area contributed by atoms with Crippen molar-refractivity contribution in [3.63, 3.8) is 0 Å². The van der Waals surface area contributed by atoms with Gasteiger partial charge in [0.05, 0.1) is 15.9 Å². The van der Waals surface area contributed by atoms with Crippen LogP contribution in [0.15, 0.2) is 58.2 Å². The lowest BCUT2D eigenvalue weighted by Gasteiger charge is -2.05. The summed E-state index contributed by atoms with van der Waals surface area (Å²) < 4.78 is 23.2. The number of nitrogens with one attached hydrogen (secondary N) is 2. The minimum atomic E-state index is -3.84. The van der Waals surface area contributed by atoms with Crippen LogP contribution in [0.4, 0.5) is 0 Å². The predicted molar refractivity (Wildman–Crippen MR) is 98.2 cm³/mol. The average molecular weight is 374 g/mol. The van der Waals surface area contributed by atoms with Crippen molar-refractivity contribution in [2.45, 2.75) is 4.90 Å². The van der Waals surface area contributed by atoms with Crippen LogP contribution in [0.1, 0.15) is 0 Å². The molecule has 0 spiro atoms. The van der Waals surface area contributed by atoms with Crippen LogP contribution in [0.25, 0.3) is 33.1 Å². The standard InChI is InChI=1S/C17H12ClN3O3S/c18-10-4-5-14-13(7-10)17-16(20-14)12(8-15(22)21-17)9-2-1-3-11(6-9)25(19,23)24/h1-8,20H,(H,21,22)(H2,19,23,24). The maximum absolute atomic E-state index is 12.1. The molecule has 0 aliphatic rings. The van der Waals surface area contributed by atoms with Gasteiger partial charge in [-0.2, -0.15) is 0 Å². The molecule has 0 unspecified atom stereocenters. The summed E-state index contributed by atoms with van der Waals surface area (Å²) in [4.78, 5) is 18.2. The number of benzene rings is 2. The van der Waals surface area contributed by atoms with Gasteiger partial charge in [-0.25, -0.2) is 13.6 Å². The fraction of sp³-hybridized carbons (Fsp3) is 0. The number of aromatic amines is 2. The Balaban J connectivity index is 2.09. The summed E-state index contributed by atoms with van der Waals surface area (Å²) in [6.45, 7) is 0. The zero-order valence-electron chi connectivity index (χ0n) is 12.7. The third-order valence-corrected chi connectivity index (χ3v) is 5.17. The monoisotopic (exact) mass is 373 g/mol.